The van der Waals surface area contributed by atoms with Crippen molar-refractivity contribution in [2.24, 2.45) is 10.9 Å². The second-order valence-electron chi connectivity index (χ2n) is 8.36. The number of anilines is 1. The average Bonchev–Trinajstić information content (AvgIpc) is 3.23. The lowest BCUT2D eigenvalue weighted by molar-refractivity contribution is 0.239. The van der Waals surface area contributed by atoms with Gasteiger partial charge in [-0.1, -0.05) is 24.3 Å². The predicted molar refractivity (Wildman–Crippen MR) is 128 cm³/mol. The lowest BCUT2D eigenvalue weighted by Crippen LogP contribution is -2.40. The van der Waals surface area contributed by atoms with Crippen molar-refractivity contribution in [3.8, 4) is 11.5 Å². The summed E-state index contributed by atoms with van der Waals surface area (Å²) in [6, 6.07) is 14.6. The summed E-state index contributed by atoms with van der Waals surface area (Å²) < 4.78 is 11.5. The average molecular weight is 425 g/mol. The maximum absolute atomic E-state index is 5.99. The molecule has 1 unspecified atom stereocenters. The largest absolute Gasteiger partial charge is 0.495 e. The van der Waals surface area contributed by atoms with Crippen LogP contribution in [0.5, 0.6) is 11.5 Å². The van der Waals surface area contributed by atoms with Gasteiger partial charge in [0.25, 0.3) is 0 Å². The van der Waals surface area contributed by atoms with Gasteiger partial charge >= 0.3 is 0 Å². The molecule has 0 aliphatic carbocycles. The molecule has 0 aromatic heterocycles. The van der Waals surface area contributed by atoms with Crippen molar-refractivity contribution in [2.45, 2.75) is 39.8 Å². The van der Waals surface area contributed by atoms with E-state index in [1.807, 2.05) is 19.2 Å². The van der Waals surface area contributed by atoms with Crippen molar-refractivity contribution in [1.29, 1.82) is 0 Å². The highest BCUT2D eigenvalue weighted by Gasteiger charge is 2.24. The number of hydrogen-bond donors (Lipinski definition) is 2. The molecule has 1 saturated heterocycles. The van der Waals surface area contributed by atoms with Gasteiger partial charge < -0.3 is 25.0 Å². The van der Waals surface area contributed by atoms with Crippen LogP contribution in [0.15, 0.2) is 47.5 Å². The monoisotopic (exact) mass is 424 g/mol. The van der Waals surface area contributed by atoms with Gasteiger partial charge in [-0.3, -0.25) is 4.99 Å². The topological polar surface area (TPSA) is 58.1 Å². The van der Waals surface area contributed by atoms with E-state index in [0.29, 0.717) is 12.5 Å². The maximum Gasteiger partial charge on any atom is 0.191 e. The third-order valence-corrected chi connectivity index (χ3v) is 5.53. The summed E-state index contributed by atoms with van der Waals surface area (Å²) in [5.41, 5.74) is 3.50. The molecule has 0 saturated carbocycles. The molecule has 2 aromatic carbocycles. The lowest BCUT2D eigenvalue weighted by atomic mass is 10.1. The SMILES string of the molecule is CN=C(NCc1ccc(C)cc1OC(C)C)NCC1CCN(c2ccccc2OC)C1. The molecular weight excluding hydrogens is 388 g/mol. The van der Waals surface area contributed by atoms with Gasteiger partial charge in [0.05, 0.1) is 18.9 Å². The Morgan fingerprint density at radius 2 is 1.97 bits per heavy atom. The first-order valence-corrected chi connectivity index (χ1v) is 11.1. The van der Waals surface area contributed by atoms with Gasteiger partial charge in [-0.25, -0.2) is 0 Å². The Hall–Kier alpha value is -2.89. The molecule has 168 valence electrons. The Kier molecular flexibility index (Phi) is 8.04. The van der Waals surface area contributed by atoms with Gasteiger partial charge in [0.15, 0.2) is 5.96 Å². The molecule has 3 rings (SSSR count). The Labute approximate surface area is 186 Å². The van der Waals surface area contributed by atoms with Gasteiger partial charge in [-0.2, -0.15) is 0 Å². The van der Waals surface area contributed by atoms with Crippen LogP contribution in [0.1, 0.15) is 31.4 Å². The van der Waals surface area contributed by atoms with Gasteiger partial charge in [0, 0.05) is 38.8 Å². The van der Waals surface area contributed by atoms with Gasteiger partial charge in [-0.05, 0) is 56.9 Å². The molecule has 0 radical (unpaired) electrons. The van der Waals surface area contributed by atoms with E-state index in [0.717, 1.165) is 49.1 Å². The fraction of sp³-hybridized carbons (Fsp3) is 0.480. The zero-order valence-corrected chi connectivity index (χ0v) is 19.4. The standard InChI is InChI=1S/C25H36N4O2/c1-18(2)31-24-14-19(3)10-11-21(24)16-28-25(26-4)27-15-20-12-13-29(17-20)22-8-6-7-9-23(22)30-5/h6-11,14,18,20H,12-13,15-17H2,1-5H3,(H2,26,27,28). The fourth-order valence-corrected chi connectivity index (χ4v) is 3.92. The minimum Gasteiger partial charge on any atom is -0.495 e. The highest BCUT2D eigenvalue weighted by molar-refractivity contribution is 5.79. The van der Waals surface area contributed by atoms with Gasteiger partial charge in [0.1, 0.15) is 11.5 Å². The lowest BCUT2D eigenvalue weighted by Gasteiger charge is -2.21. The number of hydrogen-bond acceptors (Lipinski definition) is 4. The van der Waals surface area contributed by atoms with Crippen molar-refractivity contribution < 1.29 is 9.47 Å². The molecule has 0 spiro atoms. The summed E-state index contributed by atoms with van der Waals surface area (Å²) in [6.07, 6.45) is 1.29. The molecule has 6 nitrogen and oxygen atoms in total. The van der Waals surface area contributed by atoms with Crippen molar-refractivity contribution >= 4 is 11.6 Å². The molecule has 6 heteroatoms. The molecule has 0 amide bonds. The molecule has 1 heterocycles. The third-order valence-electron chi connectivity index (χ3n) is 5.53. The molecular formula is C25H36N4O2. The van der Waals surface area contributed by atoms with Gasteiger partial charge in [0.2, 0.25) is 0 Å². The van der Waals surface area contributed by atoms with E-state index < -0.39 is 0 Å². The minimum absolute atomic E-state index is 0.145. The summed E-state index contributed by atoms with van der Waals surface area (Å²) in [4.78, 5) is 6.80. The predicted octanol–water partition coefficient (Wildman–Crippen LogP) is 3.98. The molecule has 1 fully saturated rings. The van der Waals surface area contributed by atoms with E-state index in [4.69, 9.17) is 9.47 Å². The van der Waals surface area contributed by atoms with Crippen LogP contribution >= 0.6 is 0 Å². The van der Waals surface area contributed by atoms with E-state index in [1.165, 1.54) is 11.3 Å². The third kappa shape index (κ3) is 6.29. The number of aliphatic imine (C=N–C) groups is 1. The number of para-hydroxylation sites is 2. The number of aryl methyl sites for hydroxylation is 1. The Balaban J connectivity index is 1.52. The second-order valence-corrected chi connectivity index (χ2v) is 8.36. The number of nitrogens with one attached hydrogen (secondary N) is 2. The molecule has 0 bridgehead atoms. The first-order valence-electron chi connectivity index (χ1n) is 11.1. The van der Waals surface area contributed by atoms with Crippen molar-refractivity contribution in [1.82, 2.24) is 10.6 Å². The van der Waals surface area contributed by atoms with Crippen molar-refractivity contribution in [2.75, 3.05) is 38.7 Å². The van der Waals surface area contributed by atoms with Crippen molar-refractivity contribution in [3.05, 3.63) is 53.6 Å². The number of benzene rings is 2. The number of methoxy groups -OCH3 is 1. The number of ether oxygens (including phenoxy) is 2. The fourth-order valence-electron chi connectivity index (χ4n) is 3.92. The quantitative estimate of drug-likeness (QED) is 0.496. The number of guanidine groups is 1. The van der Waals surface area contributed by atoms with E-state index in [2.05, 4.69) is 71.6 Å². The van der Waals surface area contributed by atoms with E-state index in [9.17, 15) is 0 Å². The number of rotatable bonds is 8. The first-order chi connectivity index (χ1) is 15.0. The minimum atomic E-state index is 0.145. The zero-order chi connectivity index (χ0) is 22.2. The van der Waals surface area contributed by atoms with E-state index in [-0.39, 0.29) is 6.10 Å². The highest BCUT2D eigenvalue weighted by Crippen LogP contribution is 2.31. The van der Waals surface area contributed by atoms with Crippen LogP contribution in [-0.2, 0) is 6.54 Å². The molecule has 31 heavy (non-hydrogen) atoms. The van der Waals surface area contributed by atoms with Crippen molar-refractivity contribution in [3.63, 3.8) is 0 Å². The summed E-state index contributed by atoms with van der Waals surface area (Å²) >= 11 is 0. The van der Waals surface area contributed by atoms with Crippen LogP contribution in [0.25, 0.3) is 0 Å². The Morgan fingerprint density at radius 1 is 1.16 bits per heavy atom. The zero-order valence-electron chi connectivity index (χ0n) is 19.4. The smallest absolute Gasteiger partial charge is 0.191 e. The van der Waals surface area contributed by atoms with Gasteiger partial charge in [-0.15, -0.1) is 0 Å². The Bertz CT molecular complexity index is 882. The molecule has 1 aliphatic heterocycles. The van der Waals surface area contributed by atoms with E-state index in [1.54, 1.807) is 7.11 Å². The molecule has 1 atom stereocenters. The number of nitrogens with zero attached hydrogens (tertiary/aromatic N) is 2. The van der Waals surface area contributed by atoms with Crippen LogP contribution in [0.4, 0.5) is 5.69 Å². The van der Waals surface area contributed by atoms with Crippen LogP contribution in [0.2, 0.25) is 0 Å². The summed E-state index contributed by atoms with van der Waals surface area (Å²) in [5, 5.41) is 6.92. The molecule has 2 aromatic rings. The summed E-state index contributed by atoms with van der Waals surface area (Å²) in [6.45, 7) is 9.79. The molecule has 1 aliphatic rings. The van der Waals surface area contributed by atoms with Crippen LogP contribution in [0.3, 0.4) is 0 Å². The maximum atomic E-state index is 5.99. The van der Waals surface area contributed by atoms with E-state index >= 15 is 0 Å². The normalized spacial score (nSPS) is 16.5. The van der Waals surface area contributed by atoms with Crippen LogP contribution < -0.4 is 25.0 Å². The highest BCUT2D eigenvalue weighted by atomic mass is 16.5. The van der Waals surface area contributed by atoms with Crippen LogP contribution in [0, 0.1) is 12.8 Å². The summed E-state index contributed by atoms with van der Waals surface area (Å²) in [7, 11) is 3.54. The Morgan fingerprint density at radius 3 is 2.71 bits per heavy atom. The summed E-state index contributed by atoms with van der Waals surface area (Å²) in [5.74, 6) is 3.24. The molecule has 2 N–H and O–H groups in total. The second kappa shape index (κ2) is 10.9. The van der Waals surface area contributed by atoms with Crippen LogP contribution in [-0.4, -0.2) is 45.9 Å². The first kappa shape index (κ1) is 22.8.